The summed E-state index contributed by atoms with van der Waals surface area (Å²) >= 11 is 0. The molecule has 11 heteroatoms. The van der Waals surface area contributed by atoms with E-state index in [1.165, 1.54) is 18.5 Å². The lowest BCUT2D eigenvalue weighted by atomic mass is 9.72. The van der Waals surface area contributed by atoms with Crippen LogP contribution in [0.4, 0.5) is 10.2 Å². The fourth-order valence-electron chi connectivity index (χ4n) is 6.44. The first-order chi connectivity index (χ1) is 19.8. The number of amides is 1. The van der Waals surface area contributed by atoms with Gasteiger partial charge in [-0.25, -0.2) is 14.4 Å². The molecular weight excluding hydrogens is 523 g/mol. The molecule has 0 saturated carbocycles. The molecule has 1 spiro atoms. The second-order valence-corrected chi connectivity index (χ2v) is 11.6. The van der Waals surface area contributed by atoms with E-state index in [-0.39, 0.29) is 29.2 Å². The Bertz CT molecular complexity index is 1440. The van der Waals surface area contributed by atoms with E-state index >= 15 is 0 Å². The molecule has 2 aromatic heterocycles. The third-order valence-corrected chi connectivity index (χ3v) is 8.72. The number of likely N-dealkylation sites (tertiary alicyclic amines) is 1. The molecule has 3 aliphatic heterocycles. The molecule has 6 rings (SSSR count). The minimum atomic E-state index is -0.346. The Kier molecular flexibility index (Phi) is 7.14. The molecule has 3 aromatic rings. The van der Waals surface area contributed by atoms with Crippen LogP contribution in [-0.2, 0) is 11.3 Å². The zero-order valence-electron chi connectivity index (χ0n) is 23.9. The number of aromatic nitrogens is 4. The zero-order chi connectivity index (χ0) is 28.7. The van der Waals surface area contributed by atoms with Crippen LogP contribution in [0.2, 0.25) is 0 Å². The smallest absolute Gasteiger partial charge is 0.244 e. The molecular formula is C30H37FN8O2. The maximum absolute atomic E-state index is 14.3. The summed E-state index contributed by atoms with van der Waals surface area (Å²) in [4.78, 5) is 28.3. The Labute approximate surface area is 239 Å². The Balaban J connectivity index is 1.12. The standard InChI is InChI=1S/C30H37FN8O2/c1-5-39(19(2)3)20(4)22-12-21(31)6-7-25(22)41-26-15-32-18-34-28(26)38-16-30(17-38)8-10-37(11-9-30)29(40)27-23-13-35-36-24(23)14-33-27/h6-7,12-13,15,18-19,27,33H,4-5,8-11,14,16-17H2,1-3H3,(H,35,36)/t27-/m0/s1. The van der Waals surface area contributed by atoms with E-state index in [2.05, 4.69) is 62.6 Å². The van der Waals surface area contributed by atoms with Crippen LogP contribution in [0.25, 0.3) is 5.70 Å². The van der Waals surface area contributed by atoms with Gasteiger partial charge in [-0.3, -0.25) is 15.2 Å². The summed E-state index contributed by atoms with van der Waals surface area (Å²) < 4.78 is 20.7. The van der Waals surface area contributed by atoms with Gasteiger partial charge in [0, 0.05) is 67.5 Å². The average molecular weight is 561 g/mol. The fourth-order valence-corrected chi connectivity index (χ4v) is 6.44. The molecule has 10 nitrogen and oxygen atoms in total. The molecule has 2 saturated heterocycles. The highest BCUT2D eigenvalue weighted by Gasteiger charge is 2.47. The van der Waals surface area contributed by atoms with Crippen LogP contribution in [0, 0.1) is 11.2 Å². The van der Waals surface area contributed by atoms with Gasteiger partial charge in [-0.05, 0) is 51.8 Å². The van der Waals surface area contributed by atoms with Crippen LogP contribution in [0.3, 0.4) is 0 Å². The van der Waals surface area contributed by atoms with Gasteiger partial charge in [0.15, 0.2) is 11.6 Å². The van der Waals surface area contributed by atoms with E-state index in [9.17, 15) is 9.18 Å². The average Bonchev–Trinajstić information content (AvgIpc) is 3.57. The van der Waals surface area contributed by atoms with Crippen molar-refractivity contribution >= 4 is 17.4 Å². The Morgan fingerprint density at radius 1 is 1.24 bits per heavy atom. The molecule has 1 aromatic carbocycles. The highest BCUT2D eigenvalue weighted by atomic mass is 19.1. The Morgan fingerprint density at radius 3 is 2.76 bits per heavy atom. The second-order valence-electron chi connectivity index (χ2n) is 11.6. The number of hydrogen-bond donors (Lipinski definition) is 2. The van der Waals surface area contributed by atoms with Gasteiger partial charge >= 0.3 is 0 Å². The highest BCUT2D eigenvalue weighted by molar-refractivity contribution is 5.84. The molecule has 0 radical (unpaired) electrons. The first kappa shape index (κ1) is 27.2. The number of piperidine rings is 1. The van der Waals surface area contributed by atoms with Crippen LogP contribution in [0.1, 0.15) is 56.5 Å². The van der Waals surface area contributed by atoms with Crippen molar-refractivity contribution < 1.29 is 13.9 Å². The summed E-state index contributed by atoms with van der Waals surface area (Å²) in [5, 5.41) is 10.4. The number of anilines is 1. The van der Waals surface area contributed by atoms with E-state index in [1.807, 2.05) is 4.90 Å². The van der Waals surface area contributed by atoms with Crippen LogP contribution in [0.5, 0.6) is 11.5 Å². The van der Waals surface area contributed by atoms with Crippen LogP contribution in [0.15, 0.2) is 43.5 Å². The molecule has 1 amide bonds. The van der Waals surface area contributed by atoms with Gasteiger partial charge in [0.1, 0.15) is 23.9 Å². The Hall–Kier alpha value is -3.99. The number of carbonyl (C=O) groups is 1. The molecule has 216 valence electrons. The molecule has 0 bridgehead atoms. The maximum atomic E-state index is 14.3. The van der Waals surface area contributed by atoms with Crippen molar-refractivity contribution in [3.05, 3.63) is 66.1 Å². The number of fused-ring (bicyclic) bond motifs is 1. The predicted octanol–water partition coefficient (Wildman–Crippen LogP) is 4.11. The largest absolute Gasteiger partial charge is 0.451 e. The lowest BCUT2D eigenvalue weighted by Gasteiger charge is -2.54. The Morgan fingerprint density at radius 2 is 2.02 bits per heavy atom. The lowest BCUT2D eigenvalue weighted by Crippen LogP contribution is -2.61. The third kappa shape index (κ3) is 5.03. The molecule has 41 heavy (non-hydrogen) atoms. The predicted molar refractivity (Wildman–Crippen MR) is 154 cm³/mol. The van der Waals surface area contributed by atoms with Gasteiger partial charge in [-0.15, -0.1) is 0 Å². The zero-order valence-corrected chi connectivity index (χ0v) is 23.9. The van der Waals surface area contributed by atoms with Crippen molar-refractivity contribution in [3.63, 3.8) is 0 Å². The summed E-state index contributed by atoms with van der Waals surface area (Å²) in [6.07, 6.45) is 6.80. The summed E-state index contributed by atoms with van der Waals surface area (Å²) in [6, 6.07) is 4.39. The SMILES string of the molecule is C=C(c1cc(F)ccc1Oc1cncnc1N1CC2(CCN(C(=O)[C@H]3NCc4[nH]ncc43)CC2)C1)N(CC)C(C)C. The summed E-state index contributed by atoms with van der Waals surface area (Å²) in [5.74, 6) is 1.52. The van der Waals surface area contributed by atoms with E-state index in [4.69, 9.17) is 4.74 Å². The van der Waals surface area contributed by atoms with Gasteiger partial charge < -0.3 is 19.4 Å². The molecule has 0 unspecified atom stereocenters. The highest BCUT2D eigenvalue weighted by Crippen LogP contribution is 2.45. The number of hydrogen-bond acceptors (Lipinski definition) is 8. The maximum Gasteiger partial charge on any atom is 0.244 e. The number of aromatic amines is 1. The number of nitrogens with one attached hydrogen (secondary N) is 2. The van der Waals surface area contributed by atoms with Crippen molar-refractivity contribution in [3.8, 4) is 11.5 Å². The van der Waals surface area contributed by atoms with Crippen molar-refractivity contribution in [2.24, 2.45) is 5.41 Å². The van der Waals surface area contributed by atoms with Gasteiger partial charge in [0.2, 0.25) is 5.91 Å². The number of benzene rings is 1. The topological polar surface area (TPSA) is 103 Å². The summed E-state index contributed by atoms with van der Waals surface area (Å²) in [7, 11) is 0. The van der Waals surface area contributed by atoms with Gasteiger partial charge in [-0.2, -0.15) is 5.10 Å². The molecule has 0 aliphatic carbocycles. The molecule has 5 heterocycles. The van der Waals surface area contributed by atoms with Crippen molar-refractivity contribution in [1.82, 2.24) is 35.3 Å². The third-order valence-electron chi connectivity index (χ3n) is 8.72. The van der Waals surface area contributed by atoms with Gasteiger partial charge in [0.25, 0.3) is 0 Å². The minimum absolute atomic E-state index is 0.124. The monoisotopic (exact) mass is 560 g/mol. The molecule has 1 atom stereocenters. The van der Waals surface area contributed by atoms with Gasteiger partial charge in [0.05, 0.1) is 18.1 Å². The fraction of sp³-hybridized carbons (Fsp3) is 0.467. The van der Waals surface area contributed by atoms with E-state index in [0.29, 0.717) is 35.1 Å². The van der Waals surface area contributed by atoms with Crippen LogP contribution >= 0.6 is 0 Å². The molecule has 2 fully saturated rings. The quantitative estimate of drug-likeness (QED) is 0.425. The summed E-state index contributed by atoms with van der Waals surface area (Å²) in [5.41, 5.74) is 3.40. The number of H-pyrrole nitrogens is 1. The van der Waals surface area contributed by atoms with Crippen molar-refractivity contribution in [2.75, 3.05) is 37.6 Å². The van der Waals surface area contributed by atoms with Gasteiger partial charge in [-0.1, -0.05) is 6.58 Å². The minimum Gasteiger partial charge on any atom is -0.451 e. The van der Waals surface area contributed by atoms with Crippen molar-refractivity contribution in [2.45, 2.75) is 52.2 Å². The number of rotatable bonds is 8. The lowest BCUT2D eigenvalue weighted by molar-refractivity contribution is -0.136. The van der Waals surface area contributed by atoms with Crippen molar-refractivity contribution in [1.29, 1.82) is 0 Å². The van der Waals surface area contributed by atoms with E-state index in [1.54, 1.807) is 18.5 Å². The first-order valence-corrected chi connectivity index (χ1v) is 14.3. The number of halogens is 1. The van der Waals surface area contributed by atoms with E-state index in [0.717, 1.165) is 56.8 Å². The first-order valence-electron chi connectivity index (χ1n) is 14.3. The number of carbonyl (C=O) groups excluding carboxylic acids is 1. The van der Waals surface area contributed by atoms with Crippen LogP contribution < -0.4 is 15.0 Å². The van der Waals surface area contributed by atoms with E-state index < -0.39 is 0 Å². The number of ether oxygens (including phenoxy) is 1. The summed E-state index contributed by atoms with van der Waals surface area (Å²) in [6.45, 7) is 15.0. The van der Waals surface area contributed by atoms with Crippen LogP contribution in [-0.4, -0.2) is 74.6 Å². The molecule has 2 N–H and O–H groups in total. The molecule has 3 aliphatic rings. The normalized spacial score (nSPS) is 19.3. The number of nitrogens with zero attached hydrogens (tertiary/aromatic N) is 6. The second kappa shape index (κ2) is 10.8.